The Labute approximate surface area is 133 Å². The fraction of sp³-hybridized carbons (Fsp3) is 0.700. The van der Waals surface area contributed by atoms with Gasteiger partial charge in [0.25, 0.3) is 0 Å². The third kappa shape index (κ3) is 1.71. The third-order valence-corrected chi connectivity index (χ3v) is 7.63. The molecule has 120 valence electrons. The van der Waals surface area contributed by atoms with Gasteiger partial charge in [-0.15, -0.1) is 0 Å². The molecule has 2 unspecified atom stereocenters. The van der Waals surface area contributed by atoms with Gasteiger partial charge in [0.05, 0.1) is 6.10 Å². The van der Waals surface area contributed by atoms with Crippen molar-refractivity contribution in [1.29, 1.82) is 0 Å². The molecule has 22 heavy (non-hydrogen) atoms. The molecular weight excluding hydrogens is 272 g/mol. The van der Waals surface area contributed by atoms with E-state index >= 15 is 0 Å². The minimum absolute atomic E-state index is 0.0538. The molecule has 4 aliphatic rings. The molecule has 0 aliphatic heterocycles. The van der Waals surface area contributed by atoms with Crippen molar-refractivity contribution in [2.45, 2.75) is 52.6 Å². The van der Waals surface area contributed by atoms with Crippen molar-refractivity contribution in [2.75, 3.05) is 0 Å². The lowest BCUT2D eigenvalue weighted by Crippen LogP contribution is -2.51. The highest BCUT2D eigenvalue weighted by Crippen LogP contribution is 2.64. The Balaban J connectivity index is 1.79. The van der Waals surface area contributed by atoms with Crippen LogP contribution < -0.4 is 0 Å². The molecule has 2 saturated carbocycles. The van der Waals surface area contributed by atoms with Crippen molar-refractivity contribution >= 4 is 0 Å². The zero-order valence-electron chi connectivity index (χ0n) is 13.9. The van der Waals surface area contributed by atoms with Crippen molar-refractivity contribution < 1.29 is 10.2 Å². The molecule has 0 aromatic carbocycles. The van der Waals surface area contributed by atoms with Crippen molar-refractivity contribution in [1.82, 2.24) is 0 Å². The highest BCUT2D eigenvalue weighted by Gasteiger charge is 2.59. The first kappa shape index (κ1) is 14.6. The highest BCUT2D eigenvalue weighted by atomic mass is 16.3. The molecule has 2 N–H and O–H groups in total. The number of aliphatic hydroxyl groups excluding tert-OH is 2. The van der Waals surface area contributed by atoms with Crippen LogP contribution in [0.5, 0.6) is 0 Å². The maximum absolute atomic E-state index is 10.5. The summed E-state index contributed by atoms with van der Waals surface area (Å²) in [4.78, 5) is 0. The van der Waals surface area contributed by atoms with Crippen molar-refractivity contribution in [3.8, 4) is 0 Å². The number of hydrogen-bond donors (Lipinski definition) is 2. The SMILES string of the molecule is CC1C=C2C=C(O)C=C[C@]2(C)[C@@H]2CC[C@]3(C)C(O)CC[C@H]3[C@H]12. The fourth-order valence-corrected chi connectivity index (χ4v) is 6.28. The van der Waals surface area contributed by atoms with Gasteiger partial charge in [0.15, 0.2) is 0 Å². The summed E-state index contributed by atoms with van der Waals surface area (Å²) in [6, 6.07) is 0. The normalized spacial score (nSPS) is 53.2. The van der Waals surface area contributed by atoms with E-state index in [1.54, 1.807) is 0 Å². The first-order valence-electron chi connectivity index (χ1n) is 8.86. The van der Waals surface area contributed by atoms with E-state index in [1.807, 2.05) is 12.2 Å². The Bertz CT molecular complexity index is 587. The van der Waals surface area contributed by atoms with Gasteiger partial charge >= 0.3 is 0 Å². The van der Waals surface area contributed by atoms with Crippen molar-refractivity contribution in [2.24, 2.45) is 34.5 Å². The van der Waals surface area contributed by atoms with Crippen LogP contribution in [-0.4, -0.2) is 16.3 Å². The Morgan fingerprint density at radius 1 is 1.14 bits per heavy atom. The summed E-state index contributed by atoms with van der Waals surface area (Å²) in [5.74, 6) is 2.83. The van der Waals surface area contributed by atoms with Crippen molar-refractivity contribution in [3.63, 3.8) is 0 Å². The van der Waals surface area contributed by atoms with Crippen LogP contribution in [0.15, 0.2) is 35.6 Å². The molecule has 7 atom stereocenters. The van der Waals surface area contributed by atoms with Gasteiger partial charge in [-0.2, -0.15) is 0 Å². The van der Waals surface area contributed by atoms with Gasteiger partial charge in [0.2, 0.25) is 0 Å². The predicted molar refractivity (Wildman–Crippen MR) is 88.3 cm³/mol. The molecule has 0 amide bonds. The number of fused-ring (bicyclic) bond motifs is 5. The predicted octanol–water partition coefficient (Wildman–Crippen LogP) is 4.38. The van der Waals surface area contributed by atoms with E-state index in [2.05, 4.69) is 32.9 Å². The maximum Gasteiger partial charge on any atom is 0.115 e. The smallest absolute Gasteiger partial charge is 0.115 e. The van der Waals surface area contributed by atoms with Crippen LogP contribution in [0.25, 0.3) is 0 Å². The van der Waals surface area contributed by atoms with Gasteiger partial charge in [0.1, 0.15) is 5.76 Å². The van der Waals surface area contributed by atoms with E-state index in [9.17, 15) is 10.2 Å². The highest BCUT2D eigenvalue weighted by molar-refractivity contribution is 5.43. The van der Waals surface area contributed by atoms with Crippen LogP contribution in [-0.2, 0) is 0 Å². The molecule has 4 aliphatic carbocycles. The second-order valence-corrected chi connectivity index (χ2v) is 8.59. The Morgan fingerprint density at radius 2 is 1.91 bits per heavy atom. The lowest BCUT2D eigenvalue weighted by molar-refractivity contribution is -0.0661. The Kier molecular flexibility index (Phi) is 2.98. The monoisotopic (exact) mass is 300 g/mol. The second kappa shape index (κ2) is 4.50. The quantitative estimate of drug-likeness (QED) is 0.697. The molecule has 2 nitrogen and oxygen atoms in total. The third-order valence-electron chi connectivity index (χ3n) is 7.63. The summed E-state index contributed by atoms with van der Waals surface area (Å²) in [6.07, 6.45) is 12.8. The summed E-state index contributed by atoms with van der Waals surface area (Å²) in [6.45, 7) is 7.00. The van der Waals surface area contributed by atoms with E-state index in [0.29, 0.717) is 29.4 Å². The van der Waals surface area contributed by atoms with Crippen molar-refractivity contribution in [3.05, 3.63) is 35.6 Å². The van der Waals surface area contributed by atoms with Gasteiger partial charge in [-0.25, -0.2) is 0 Å². The molecule has 0 aromatic heterocycles. The molecule has 0 heterocycles. The first-order valence-corrected chi connectivity index (χ1v) is 8.86. The average Bonchev–Trinajstić information content (AvgIpc) is 2.77. The van der Waals surface area contributed by atoms with Crippen LogP contribution >= 0.6 is 0 Å². The Hall–Kier alpha value is -1.02. The van der Waals surface area contributed by atoms with Gasteiger partial charge in [0, 0.05) is 5.41 Å². The van der Waals surface area contributed by atoms with Gasteiger partial charge in [-0.05, 0) is 72.5 Å². The molecule has 4 rings (SSSR count). The lowest BCUT2D eigenvalue weighted by Gasteiger charge is -2.57. The fourth-order valence-electron chi connectivity index (χ4n) is 6.28. The minimum Gasteiger partial charge on any atom is -0.508 e. The molecule has 2 fully saturated rings. The average molecular weight is 300 g/mol. The molecule has 0 radical (unpaired) electrons. The summed E-state index contributed by atoms with van der Waals surface area (Å²) >= 11 is 0. The molecule has 2 heteroatoms. The van der Waals surface area contributed by atoms with E-state index < -0.39 is 0 Å². The van der Waals surface area contributed by atoms with Crippen LogP contribution in [0.3, 0.4) is 0 Å². The Morgan fingerprint density at radius 3 is 2.68 bits per heavy atom. The van der Waals surface area contributed by atoms with Crippen LogP contribution in [0.1, 0.15) is 46.5 Å². The lowest BCUT2D eigenvalue weighted by atomic mass is 9.47. The summed E-state index contributed by atoms with van der Waals surface area (Å²) < 4.78 is 0. The summed E-state index contributed by atoms with van der Waals surface area (Å²) in [7, 11) is 0. The van der Waals surface area contributed by atoms with Gasteiger partial charge in [-0.3, -0.25) is 0 Å². The number of aliphatic hydroxyl groups is 2. The molecular formula is C20H28O2. The summed E-state index contributed by atoms with van der Waals surface area (Å²) in [5, 5.41) is 20.4. The minimum atomic E-state index is -0.116. The topological polar surface area (TPSA) is 40.5 Å². The molecule has 0 aromatic rings. The second-order valence-electron chi connectivity index (χ2n) is 8.59. The van der Waals surface area contributed by atoms with E-state index in [4.69, 9.17) is 0 Å². The van der Waals surface area contributed by atoms with Gasteiger partial charge in [-0.1, -0.05) is 32.9 Å². The largest absolute Gasteiger partial charge is 0.508 e. The van der Waals surface area contributed by atoms with Crippen LogP contribution in [0.4, 0.5) is 0 Å². The van der Waals surface area contributed by atoms with E-state index in [0.717, 1.165) is 12.8 Å². The zero-order valence-corrected chi connectivity index (χ0v) is 13.9. The first-order chi connectivity index (χ1) is 10.4. The van der Waals surface area contributed by atoms with Crippen LogP contribution in [0, 0.1) is 34.5 Å². The maximum atomic E-state index is 10.5. The number of hydrogen-bond acceptors (Lipinski definition) is 2. The molecule has 0 bridgehead atoms. The molecule has 0 saturated heterocycles. The van der Waals surface area contributed by atoms with Gasteiger partial charge < -0.3 is 10.2 Å². The zero-order chi connectivity index (χ0) is 15.7. The standard InChI is InChI=1S/C20H28O2/c1-12-10-13-11-14(21)6-8-19(13,2)16-7-9-20(3)15(18(12)16)4-5-17(20)22/h6,8,10-12,15-18,21-22H,4-5,7,9H2,1-3H3/t12?,15-,16+,17?,18-,19-,20-/m0/s1. The number of allylic oxidation sites excluding steroid dienone is 5. The van der Waals surface area contributed by atoms with E-state index in [-0.39, 0.29) is 16.9 Å². The van der Waals surface area contributed by atoms with Crippen LogP contribution in [0.2, 0.25) is 0 Å². The number of rotatable bonds is 0. The summed E-state index contributed by atoms with van der Waals surface area (Å²) in [5.41, 5.74) is 1.47. The van der Waals surface area contributed by atoms with E-state index in [1.165, 1.54) is 18.4 Å². The molecule has 0 spiro atoms.